The predicted molar refractivity (Wildman–Crippen MR) is 79.5 cm³/mol. The molecule has 0 heterocycles. The molecule has 1 aromatic rings. The zero-order valence-electron chi connectivity index (χ0n) is 11.5. The first-order chi connectivity index (χ1) is 9.04. The highest BCUT2D eigenvalue weighted by atomic mass is 79.9. The van der Waals surface area contributed by atoms with Gasteiger partial charge in [-0.1, -0.05) is 6.07 Å². The molecule has 0 aliphatic carbocycles. The maximum Gasteiger partial charge on any atom is 0.133 e. The Morgan fingerprint density at radius 2 is 2.11 bits per heavy atom. The summed E-state index contributed by atoms with van der Waals surface area (Å²) >= 11 is 3.45. The van der Waals surface area contributed by atoms with Crippen molar-refractivity contribution in [2.45, 2.75) is 24.9 Å². The first-order valence-electron chi connectivity index (χ1n) is 6.28. The maximum absolute atomic E-state index is 10.6. The Bertz CT molecular complexity index is 400. The zero-order chi connectivity index (χ0) is 14.3. The molecule has 19 heavy (non-hydrogen) atoms. The third-order valence-electron chi connectivity index (χ3n) is 3.01. The molecule has 1 rings (SSSR count). The molecule has 0 aromatic heterocycles. The van der Waals surface area contributed by atoms with Gasteiger partial charge in [-0.25, -0.2) is 0 Å². The van der Waals surface area contributed by atoms with Gasteiger partial charge in [-0.3, -0.25) is 0 Å². The van der Waals surface area contributed by atoms with Gasteiger partial charge in [-0.05, 0) is 53.0 Å². The molecule has 0 bridgehead atoms. The van der Waals surface area contributed by atoms with Crippen LogP contribution in [0.2, 0.25) is 0 Å². The Morgan fingerprint density at radius 1 is 1.37 bits per heavy atom. The smallest absolute Gasteiger partial charge is 0.133 e. The van der Waals surface area contributed by atoms with E-state index in [1.807, 2.05) is 18.2 Å². The van der Waals surface area contributed by atoms with Crippen LogP contribution < -0.4 is 10.5 Å². The Balaban J connectivity index is 2.80. The number of ether oxygens (including phenoxy) is 2. The second kappa shape index (κ2) is 7.85. The highest BCUT2D eigenvalue weighted by molar-refractivity contribution is 9.10. The number of methoxy groups -OCH3 is 2. The van der Waals surface area contributed by atoms with Gasteiger partial charge in [0.05, 0.1) is 23.8 Å². The third-order valence-corrected chi connectivity index (χ3v) is 3.63. The molecule has 1 aromatic carbocycles. The lowest BCUT2D eigenvalue weighted by Crippen LogP contribution is -2.37. The lowest BCUT2D eigenvalue weighted by atomic mass is 9.90. The normalized spacial score (nSPS) is 14.2. The monoisotopic (exact) mass is 331 g/mol. The number of rotatable bonds is 8. The average Bonchev–Trinajstić information content (AvgIpc) is 2.37. The SMILES string of the molecule is COCC(O)(CCCN)Cc1ccc(OC)c(Br)c1. The van der Waals surface area contributed by atoms with Crippen LogP contribution in [0.3, 0.4) is 0 Å². The van der Waals surface area contributed by atoms with Crippen molar-refractivity contribution in [3.63, 3.8) is 0 Å². The number of halogens is 1. The fourth-order valence-electron chi connectivity index (χ4n) is 2.11. The van der Waals surface area contributed by atoms with Crippen molar-refractivity contribution < 1.29 is 14.6 Å². The van der Waals surface area contributed by atoms with Crippen LogP contribution in [0.4, 0.5) is 0 Å². The van der Waals surface area contributed by atoms with Crippen LogP contribution in [0.25, 0.3) is 0 Å². The topological polar surface area (TPSA) is 64.7 Å². The summed E-state index contributed by atoms with van der Waals surface area (Å²) in [5.41, 5.74) is 5.67. The summed E-state index contributed by atoms with van der Waals surface area (Å²) in [5.74, 6) is 0.779. The van der Waals surface area contributed by atoms with Crippen molar-refractivity contribution >= 4 is 15.9 Å². The Morgan fingerprint density at radius 3 is 2.63 bits per heavy atom. The molecule has 0 fully saturated rings. The highest BCUT2D eigenvalue weighted by Crippen LogP contribution is 2.28. The maximum atomic E-state index is 10.6. The van der Waals surface area contributed by atoms with E-state index >= 15 is 0 Å². The lowest BCUT2D eigenvalue weighted by Gasteiger charge is -2.27. The summed E-state index contributed by atoms with van der Waals surface area (Å²) in [4.78, 5) is 0. The molecule has 0 saturated carbocycles. The van der Waals surface area contributed by atoms with E-state index in [9.17, 15) is 5.11 Å². The molecular weight excluding hydrogens is 310 g/mol. The summed E-state index contributed by atoms with van der Waals surface area (Å²) < 4.78 is 11.2. The number of nitrogens with two attached hydrogens (primary N) is 1. The second-order valence-electron chi connectivity index (χ2n) is 4.70. The number of benzene rings is 1. The standard InChI is InChI=1S/C14H22BrNO3/c1-18-10-14(17,6-3-7-16)9-11-4-5-13(19-2)12(15)8-11/h4-5,8,17H,3,6-7,9-10,16H2,1-2H3. The van der Waals surface area contributed by atoms with Crippen molar-refractivity contribution in [2.75, 3.05) is 27.4 Å². The van der Waals surface area contributed by atoms with Crippen LogP contribution in [0.15, 0.2) is 22.7 Å². The van der Waals surface area contributed by atoms with Gasteiger partial charge >= 0.3 is 0 Å². The minimum absolute atomic E-state index is 0.302. The zero-order valence-corrected chi connectivity index (χ0v) is 13.1. The van der Waals surface area contributed by atoms with Crippen LogP contribution in [-0.4, -0.2) is 38.1 Å². The van der Waals surface area contributed by atoms with Crippen molar-refractivity contribution in [3.8, 4) is 5.75 Å². The van der Waals surface area contributed by atoms with Crippen molar-refractivity contribution in [2.24, 2.45) is 5.73 Å². The molecule has 4 nitrogen and oxygen atoms in total. The van der Waals surface area contributed by atoms with Crippen LogP contribution in [-0.2, 0) is 11.2 Å². The van der Waals surface area contributed by atoms with E-state index in [4.69, 9.17) is 15.2 Å². The second-order valence-corrected chi connectivity index (χ2v) is 5.55. The largest absolute Gasteiger partial charge is 0.496 e. The first-order valence-corrected chi connectivity index (χ1v) is 7.08. The minimum atomic E-state index is -0.873. The molecule has 1 unspecified atom stereocenters. The minimum Gasteiger partial charge on any atom is -0.496 e. The number of hydrogen-bond acceptors (Lipinski definition) is 4. The van der Waals surface area contributed by atoms with E-state index in [-0.39, 0.29) is 0 Å². The van der Waals surface area contributed by atoms with E-state index in [0.717, 1.165) is 22.2 Å². The molecule has 0 aliphatic rings. The molecule has 0 amide bonds. The average molecular weight is 332 g/mol. The van der Waals surface area contributed by atoms with E-state index < -0.39 is 5.60 Å². The molecule has 108 valence electrons. The van der Waals surface area contributed by atoms with Crippen molar-refractivity contribution in [1.82, 2.24) is 0 Å². The van der Waals surface area contributed by atoms with Crippen LogP contribution in [0.1, 0.15) is 18.4 Å². The molecule has 3 N–H and O–H groups in total. The highest BCUT2D eigenvalue weighted by Gasteiger charge is 2.27. The van der Waals surface area contributed by atoms with E-state index in [2.05, 4.69) is 15.9 Å². The van der Waals surface area contributed by atoms with Crippen LogP contribution in [0, 0.1) is 0 Å². The lowest BCUT2D eigenvalue weighted by molar-refractivity contribution is -0.0375. The molecular formula is C14H22BrNO3. The summed E-state index contributed by atoms with van der Waals surface area (Å²) in [5, 5.41) is 10.6. The van der Waals surface area contributed by atoms with Gasteiger partial charge in [-0.2, -0.15) is 0 Å². The van der Waals surface area contributed by atoms with Gasteiger partial charge in [0, 0.05) is 13.5 Å². The van der Waals surface area contributed by atoms with Gasteiger partial charge < -0.3 is 20.3 Å². The molecule has 0 aliphatic heterocycles. The quantitative estimate of drug-likeness (QED) is 0.765. The van der Waals surface area contributed by atoms with Gasteiger partial charge in [-0.15, -0.1) is 0 Å². The Labute approximate surface area is 123 Å². The fraction of sp³-hybridized carbons (Fsp3) is 0.571. The Kier molecular flexibility index (Phi) is 6.79. The Hall–Kier alpha value is -0.620. The van der Waals surface area contributed by atoms with Crippen LogP contribution in [0.5, 0.6) is 5.75 Å². The van der Waals surface area contributed by atoms with Crippen molar-refractivity contribution in [1.29, 1.82) is 0 Å². The summed E-state index contributed by atoms with van der Waals surface area (Å²) in [7, 11) is 3.22. The molecule has 1 atom stereocenters. The van der Waals surface area contributed by atoms with E-state index in [0.29, 0.717) is 26.0 Å². The summed E-state index contributed by atoms with van der Waals surface area (Å²) in [6, 6.07) is 5.80. The molecule has 0 radical (unpaired) electrons. The predicted octanol–water partition coefficient (Wildman–Crippen LogP) is 2.12. The van der Waals surface area contributed by atoms with E-state index in [1.54, 1.807) is 14.2 Å². The van der Waals surface area contributed by atoms with Gasteiger partial charge in [0.1, 0.15) is 5.75 Å². The number of hydrogen-bond donors (Lipinski definition) is 2. The number of aliphatic hydroxyl groups is 1. The first kappa shape index (κ1) is 16.4. The van der Waals surface area contributed by atoms with Gasteiger partial charge in [0.2, 0.25) is 0 Å². The van der Waals surface area contributed by atoms with E-state index in [1.165, 1.54) is 0 Å². The summed E-state index contributed by atoms with van der Waals surface area (Å²) in [6.07, 6.45) is 1.93. The fourth-order valence-corrected chi connectivity index (χ4v) is 2.70. The molecule has 0 spiro atoms. The van der Waals surface area contributed by atoms with Crippen LogP contribution >= 0.6 is 15.9 Å². The summed E-state index contributed by atoms with van der Waals surface area (Å²) in [6.45, 7) is 0.870. The third kappa shape index (κ3) is 5.10. The molecule has 5 heteroatoms. The van der Waals surface area contributed by atoms with Gasteiger partial charge in [0.15, 0.2) is 0 Å². The van der Waals surface area contributed by atoms with Crippen molar-refractivity contribution in [3.05, 3.63) is 28.2 Å². The molecule has 0 saturated heterocycles. The van der Waals surface area contributed by atoms with Gasteiger partial charge in [0.25, 0.3) is 0 Å².